The number of benzene rings is 1. The lowest BCUT2D eigenvalue weighted by Gasteiger charge is -2.04. The van der Waals surface area contributed by atoms with Gasteiger partial charge in [0, 0.05) is 18.0 Å². The van der Waals surface area contributed by atoms with Gasteiger partial charge in [-0.05, 0) is 23.8 Å². The average Bonchev–Trinajstić information content (AvgIpc) is 2.38. The SMILES string of the molecule is CS(=O)(=O)c1ccc(-c2ccc(CC(=O)O)cn2)cc1. The number of hydrogen-bond acceptors (Lipinski definition) is 4. The van der Waals surface area contributed by atoms with Gasteiger partial charge in [0.15, 0.2) is 9.84 Å². The third kappa shape index (κ3) is 3.42. The first-order chi connectivity index (χ1) is 9.36. The Morgan fingerprint density at radius 1 is 1.15 bits per heavy atom. The second kappa shape index (κ2) is 5.42. The molecule has 0 saturated heterocycles. The zero-order chi connectivity index (χ0) is 14.8. The van der Waals surface area contributed by atoms with Crippen molar-refractivity contribution in [3.05, 3.63) is 48.2 Å². The minimum absolute atomic E-state index is 0.0692. The number of aliphatic carboxylic acids is 1. The molecule has 2 aromatic rings. The summed E-state index contributed by atoms with van der Waals surface area (Å²) in [7, 11) is -3.21. The Balaban J connectivity index is 2.26. The highest BCUT2D eigenvalue weighted by molar-refractivity contribution is 7.90. The fraction of sp³-hybridized carbons (Fsp3) is 0.143. The summed E-state index contributed by atoms with van der Waals surface area (Å²) in [6.07, 6.45) is 2.59. The van der Waals surface area contributed by atoms with Crippen molar-refractivity contribution in [1.82, 2.24) is 4.98 Å². The van der Waals surface area contributed by atoms with E-state index in [9.17, 15) is 13.2 Å². The van der Waals surface area contributed by atoms with Crippen LogP contribution in [-0.2, 0) is 21.1 Å². The zero-order valence-corrected chi connectivity index (χ0v) is 11.6. The predicted octanol–water partition coefficient (Wildman–Crippen LogP) is 1.78. The average molecular weight is 291 g/mol. The van der Waals surface area contributed by atoms with Gasteiger partial charge >= 0.3 is 5.97 Å². The van der Waals surface area contributed by atoms with E-state index in [0.717, 1.165) is 11.8 Å². The second-order valence-corrected chi connectivity index (χ2v) is 6.43. The molecule has 0 unspecified atom stereocenters. The zero-order valence-electron chi connectivity index (χ0n) is 10.8. The van der Waals surface area contributed by atoms with Crippen molar-refractivity contribution in [2.75, 3.05) is 6.26 Å². The highest BCUT2D eigenvalue weighted by Gasteiger charge is 2.07. The molecule has 0 aliphatic rings. The molecule has 0 amide bonds. The van der Waals surface area contributed by atoms with Crippen molar-refractivity contribution in [1.29, 1.82) is 0 Å². The molecule has 0 atom stereocenters. The Labute approximate surface area is 116 Å². The van der Waals surface area contributed by atoms with Crippen LogP contribution in [0, 0.1) is 0 Å². The maximum absolute atomic E-state index is 11.4. The van der Waals surface area contributed by atoms with Gasteiger partial charge in [0.25, 0.3) is 0 Å². The topological polar surface area (TPSA) is 84.3 Å². The van der Waals surface area contributed by atoms with E-state index < -0.39 is 15.8 Å². The predicted molar refractivity (Wildman–Crippen MR) is 74.1 cm³/mol. The molecule has 0 bridgehead atoms. The van der Waals surface area contributed by atoms with E-state index in [0.29, 0.717) is 11.3 Å². The van der Waals surface area contributed by atoms with Crippen LogP contribution < -0.4 is 0 Å². The molecule has 1 aromatic heterocycles. The maximum Gasteiger partial charge on any atom is 0.307 e. The standard InChI is InChI=1S/C14H13NO4S/c1-20(18,19)12-5-3-11(4-6-12)13-7-2-10(9-15-13)8-14(16)17/h2-7,9H,8H2,1H3,(H,16,17). The van der Waals surface area contributed by atoms with Crippen LogP contribution in [0.2, 0.25) is 0 Å². The van der Waals surface area contributed by atoms with Crippen molar-refractivity contribution in [2.24, 2.45) is 0 Å². The van der Waals surface area contributed by atoms with E-state index in [1.165, 1.54) is 18.3 Å². The molecule has 1 heterocycles. The summed E-state index contributed by atoms with van der Waals surface area (Å²) in [4.78, 5) is 15.0. The molecule has 0 aliphatic carbocycles. The maximum atomic E-state index is 11.4. The first-order valence-corrected chi connectivity index (χ1v) is 7.72. The Kier molecular flexibility index (Phi) is 3.85. The molecule has 2 rings (SSSR count). The third-order valence-corrected chi connectivity index (χ3v) is 3.89. The molecule has 5 nitrogen and oxygen atoms in total. The first-order valence-electron chi connectivity index (χ1n) is 5.83. The normalized spacial score (nSPS) is 11.2. The van der Waals surface area contributed by atoms with Crippen LogP contribution in [0.25, 0.3) is 11.3 Å². The number of hydrogen-bond donors (Lipinski definition) is 1. The van der Waals surface area contributed by atoms with Crippen LogP contribution in [0.15, 0.2) is 47.5 Å². The van der Waals surface area contributed by atoms with Gasteiger partial charge in [0.1, 0.15) is 0 Å². The van der Waals surface area contributed by atoms with Crippen LogP contribution in [-0.4, -0.2) is 30.7 Å². The van der Waals surface area contributed by atoms with Crippen molar-refractivity contribution >= 4 is 15.8 Å². The van der Waals surface area contributed by atoms with Crippen LogP contribution in [0.5, 0.6) is 0 Å². The summed E-state index contributed by atoms with van der Waals surface area (Å²) in [5, 5.41) is 8.68. The minimum Gasteiger partial charge on any atom is -0.481 e. The van der Waals surface area contributed by atoms with Crippen LogP contribution in [0.4, 0.5) is 0 Å². The highest BCUT2D eigenvalue weighted by Crippen LogP contribution is 2.19. The molecule has 0 radical (unpaired) electrons. The van der Waals surface area contributed by atoms with E-state index in [1.54, 1.807) is 24.3 Å². The van der Waals surface area contributed by atoms with Gasteiger partial charge in [-0.3, -0.25) is 9.78 Å². The first kappa shape index (κ1) is 14.2. The van der Waals surface area contributed by atoms with Crippen LogP contribution in [0.1, 0.15) is 5.56 Å². The fourth-order valence-corrected chi connectivity index (χ4v) is 2.38. The van der Waals surface area contributed by atoms with Gasteiger partial charge in [-0.2, -0.15) is 0 Å². The smallest absolute Gasteiger partial charge is 0.307 e. The summed E-state index contributed by atoms with van der Waals surface area (Å²) in [5.74, 6) is -0.906. The molecular formula is C14H13NO4S. The van der Waals surface area contributed by atoms with E-state index >= 15 is 0 Å². The van der Waals surface area contributed by atoms with Crippen molar-refractivity contribution in [3.8, 4) is 11.3 Å². The number of pyridine rings is 1. The van der Waals surface area contributed by atoms with Gasteiger partial charge in [0.2, 0.25) is 0 Å². The summed E-state index contributed by atoms with van der Waals surface area (Å²) in [5.41, 5.74) is 2.06. The number of aromatic nitrogens is 1. The molecule has 0 aliphatic heterocycles. The number of carboxylic acids is 1. The van der Waals surface area contributed by atoms with Crippen molar-refractivity contribution in [3.63, 3.8) is 0 Å². The summed E-state index contributed by atoms with van der Waals surface area (Å²) >= 11 is 0. The van der Waals surface area contributed by atoms with E-state index in [-0.39, 0.29) is 11.3 Å². The number of carboxylic acid groups (broad SMARTS) is 1. The monoisotopic (exact) mass is 291 g/mol. The quantitative estimate of drug-likeness (QED) is 0.928. The van der Waals surface area contributed by atoms with Gasteiger partial charge in [-0.15, -0.1) is 0 Å². The van der Waals surface area contributed by atoms with Crippen LogP contribution >= 0.6 is 0 Å². The third-order valence-electron chi connectivity index (χ3n) is 2.76. The van der Waals surface area contributed by atoms with Gasteiger partial charge < -0.3 is 5.11 Å². The lowest BCUT2D eigenvalue weighted by molar-refractivity contribution is -0.136. The minimum atomic E-state index is -3.21. The number of sulfone groups is 1. The molecule has 0 saturated carbocycles. The lowest BCUT2D eigenvalue weighted by Crippen LogP contribution is -2.00. The Morgan fingerprint density at radius 2 is 1.80 bits per heavy atom. The summed E-state index contributed by atoms with van der Waals surface area (Å²) in [6, 6.07) is 9.81. The number of nitrogens with zero attached hydrogens (tertiary/aromatic N) is 1. The summed E-state index contributed by atoms with van der Waals surface area (Å²) < 4.78 is 22.7. The summed E-state index contributed by atoms with van der Waals surface area (Å²) in [6.45, 7) is 0. The highest BCUT2D eigenvalue weighted by atomic mass is 32.2. The van der Waals surface area contributed by atoms with E-state index in [2.05, 4.69) is 4.98 Å². The largest absolute Gasteiger partial charge is 0.481 e. The molecular weight excluding hydrogens is 278 g/mol. The molecule has 20 heavy (non-hydrogen) atoms. The van der Waals surface area contributed by atoms with Crippen molar-refractivity contribution < 1.29 is 18.3 Å². The van der Waals surface area contributed by atoms with Gasteiger partial charge in [-0.25, -0.2) is 8.42 Å². The number of rotatable bonds is 4. The Morgan fingerprint density at radius 3 is 2.25 bits per heavy atom. The van der Waals surface area contributed by atoms with Crippen molar-refractivity contribution in [2.45, 2.75) is 11.3 Å². The second-order valence-electron chi connectivity index (χ2n) is 4.42. The lowest BCUT2D eigenvalue weighted by atomic mass is 10.1. The van der Waals surface area contributed by atoms with Gasteiger partial charge in [0.05, 0.1) is 17.0 Å². The molecule has 1 N–H and O–H groups in total. The van der Waals surface area contributed by atoms with E-state index in [4.69, 9.17) is 5.11 Å². The molecule has 1 aromatic carbocycles. The fourth-order valence-electron chi connectivity index (χ4n) is 1.75. The Bertz CT molecular complexity index is 719. The molecule has 6 heteroatoms. The molecule has 0 spiro atoms. The Hall–Kier alpha value is -2.21. The van der Waals surface area contributed by atoms with E-state index in [1.807, 2.05) is 0 Å². The molecule has 104 valence electrons. The number of carbonyl (C=O) groups is 1. The molecule has 0 fully saturated rings. The van der Waals surface area contributed by atoms with Crippen LogP contribution in [0.3, 0.4) is 0 Å². The van der Waals surface area contributed by atoms with Gasteiger partial charge in [-0.1, -0.05) is 18.2 Å².